The van der Waals surface area contributed by atoms with Crippen molar-refractivity contribution in [3.8, 4) is 11.5 Å². The monoisotopic (exact) mass is 443 g/mol. The minimum absolute atomic E-state index is 0.0118. The molecule has 1 aliphatic heterocycles. The number of rotatable bonds is 8. The predicted molar refractivity (Wildman–Crippen MR) is 115 cm³/mol. The average Bonchev–Trinajstić information content (AvgIpc) is 3.32. The fourth-order valence-corrected chi connectivity index (χ4v) is 3.80. The van der Waals surface area contributed by atoms with E-state index in [1.54, 1.807) is 31.2 Å². The summed E-state index contributed by atoms with van der Waals surface area (Å²) in [6, 6.07) is 6.25. The van der Waals surface area contributed by atoms with Crippen molar-refractivity contribution < 1.29 is 33.4 Å². The van der Waals surface area contributed by atoms with E-state index < -0.39 is 17.1 Å². The third-order valence-corrected chi connectivity index (χ3v) is 5.28. The predicted octanol–water partition coefficient (Wildman–Crippen LogP) is 4.14. The number of phenolic OH excluding ortho intramolecular Hbond substituents is 1. The lowest BCUT2D eigenvalue weighted by atomic mass is 10.1. The summed E-state index contributed by atoms with van der Waals surface area (Å²) in [5.74, 6) is -0.553. The van der Waals surface area contributed by atoms with E-state index >= 15 is 0 Å². The number of carbonyl (C=O) groups excluding carboxylic acids is 3. The Bertz CT molecular complexity index is 1070. The first kappa shape index (κ1) is 22.2. The van der Waals surface area contributed by atoms with E-state index in [0.717, 1.165) is 16.7 Å². The number of hydrogen-bond acceptors (Lipinski definition) is 8. The van der Waals surface area contributed by atoms with E-state index in [2.05, 4.69) is 11.3 Å². The van der Waals surface area contributed by atoms with E-state index in [1.807, 2.05) is 0 Å². The summed E-state index contributed by atoms with van der Waals surface area (Å²) < 4.78 is 15.4. The van der Waals surface area contributed by atoms with Crippen molar-refractivity contribution >= 4 is 35.0 Å². The van der Waals surface area contributed by atoms with Gasteiger partial charge in [-0.05, 0) is 61.0 Å². The van der Waals surface area contributed by atoms with Gasteiger partial charge in [-0.25, -0.2) is 4.79 Å². The molecule has 1 aliphatic rings. The van der Waals surface area contributed by atoms with Crippen LogP contribution in [0.2, 0.25) is 0 Å². The second-order valence-electron chi connectivity index (χ2n) is 6.48. The van der Waals surface area contributed by atoms with Crippen LogP contribution in [-0.2, 0) is 22.5 Å². The standard InChI is InChI=1S/C22H21NO7S/c1-4-6-14-9-13(10-17(19(14)24)29-5-2)11-18-20(25)23(22(27)31-18)12-15-7-8-16(30-15)21(26)28-3/h4,7-11,24H,1,5-6,12H2,2-3H3/b18-11+. The number of imide groups is 1. The van der Waals surface area contributed by atoms with E-state index in [4.69, 9.17) is 9.15 Å². The molecule has 0 unspecified atom stereocenters. The number of phenols is 1. The highest BCUT2D eigenvalue weighted by Crippen LogP contribution is 2.37. The smallest absolute Gasteiger partial charge is 0.373 e. The van der Waals surface area contributed by atoms with Crippen LogP contribution >= 0.6 is 11.8 Å². The molecule has 0 spiro atoms. The van der Waals surface area contributed by atoms with Crippen molar-refractivity contribution in [3.63, 3.8) is 0 Å². The van der Waals surface area contributed by atoms with Crippen LogP contribution in [0.5, 0.6) is 11.5 Å². The minimum atomic E-state index is -0.645. The van der Waals surface area contributed by atoms with Gasteiger partial charge in [0.15, 0.2) is 11.5 Å². The van der Waals surface area contributed by atoms with Crippen LogP contribution in [0.4, 0.5) is 4.79 Å². The normalized spacial score (nSPS) is 14.9. The van der Waals surface area contributed by atoms with Gasteiger partial charge in [0.1, 0.15) is 5.76 Å². The molecular weight excluding hydrogens is 422 g/mol. The number of aromatic hydroxyl groups is 1. The van der Waals surface area contributed by atoms with Gasteiger partial charge in [0, 0.05) is 5.56 Å². The van der Waals surface area contributed by atoms with Crippen LogP contribution in [0, 0.1) is 0 Å². The number of ether oxygens (including phenoxy) is 2. The van der Waals surface area contributed by atoms with Gasteiger partial charge in [-0.2, -0.15) is 0 Å². The van der Waals surface area contributed by atoms with Gasteiger partial charge in [0.2, 0.25) is 5.76 Å². The number of benzene rings is 1. The topological polar surface area (TPSA) is 106 Å². The van der Waals surface area contributed by atoms with Crippen LogP contribution < -0.4 is 4.74 Å². The van der Waals surface area contributed by atoms with Crippen molar-refractivity contribution in [2.75, 3.05) is 13.7 Å². The zero-order valence-corrected chi connectivity index (χ0v) is 17.9. The molecule has 9 heteroatoms. The van der Waals surface area contributed by atoms with Crippen molar-refractivity contribution in [2.24, 2.45) is 0 Å². The summed E-state index contributed by atoms with van der Waals surface area (Å²) >= 11 is 0.798. The van der Waals surface area contributed by atoms with Gasteiger partial charge >= 0.3 is 5.97 Å². The molecule has 1 N–H and O–H groups in total. The second-order valence-corrected chi connectivity index (χ2v) is 7.47. The van der Waals surface area contributed by atoms with Crippen LogP contribution in [0.25, 0.3) is 6.08 Å². The van der Waals surface area contributed by atoms with Crippen molar-refractivity contribution in [2.45, 2.75) is 19.9 Å². The fraction of sp³-hybridized carbons (Fsp3) is 0.227. The Balaban J connectivity index is 1.85. The van der Waals surface area contributed by atoms with Crippen LogP contribution in [-0.4, -0.2) is 40.8 Å². The fourth-order valence-electron chi connectivity index (χ4n) is 2.97. The Labute approximate surface area is 183 Å². The molecule has 0 radical (unpaired) electrons. The molecule has 31 heavy (non-hydrogen) atoms. The second kappa shape index (κ2) is 9.57. The number of methoxy groups -OCH3 is 1. The maximum absolute atomic E-state index is 12.8. The molecule has 0 saturated carbocycles. The molecule has 0 aliphatic carbocycles. The molecule has 2 aromatic rings. The number of hydrogen-bond donors (Lipinski definition) is 1. The number of esters is 1. The first-order chi connectivity index (χ1) is 14.9. The van der Waals surface area contributed by atoms with E-state index in [0.29, 0.717) is 29.9 Å². The number of nitrogens with zero attached hydrogens (tertiary/aromatic N) is 1. The maximum Gasteiger partial charge on any atom is 0.373 e. The average molecular weight is 443 g/mol. The number of carbonyl (C=O) groups is 3. The molecular formula is C22H21NO7S. The maximum atomic E-state index is 12.8. The summed E-state index contributed by atoms with van der Waals surface area (Å²) in [5.41, 5.74) is 1.20. The Kier molecular flexibility index (Phi) is 6.86. The van der Waals surface area contributed by atoms with E-state index in [-0.39, 0.29) is 28.7 Å². The summed E-state index contributed by atoms with van der Waals surface area (Å²) in [7, 11) is 1.23. The van der Waals surface area contributed by atoms with Gasteiger partial charge in [0.05, 0.1) is 25.2 Å². The zero-order chi connectivity index (χ0) is 22.5. The number of furan rings is 1. The molecule has 162 valence electrons. The molecule has 0 bridgehead atoms. The van der Waals surface area contributed by atoms with Gasteiger partial charge in [-0.15, -0.1) is 6.58 Å². The first-order valence-electron chi connectivity index (χ1n) is 9.39. The molecule has 1 aromatic heterocycles. The molecule has 1 aromatic carbocycles. The highest BCUT2D eigenvalue weighted by molar-refractivity contribution is 8.18. The van der Waals surface area contributed by atoms with Crippen molar-refractivity contribution in [3.05, 3.63) is 64.5 Å². The minimum Gasteiger partial charge on any atom is -0.504 e. The van der Waals surface area contributed by atoms with Gasteiger partial charge < -0.3 is 19.0 Å². The van der Waals surface area contributed by atoms with Gasteiger partial charge in [-0.1, -0.05) is 6.08 Å². The Morgan fingerprint density at radius 1 is 1.32 bits per heavy atom. The van der Waals surface area contributed by atoms with Gasteiger partial charge in [0.25, 0.3) is 11.1 Å². The Morgan fingerprint density at radius 2 is 2.10 bits per heavy atom. The quantitative estimate of drug-likeness (QED) is 0.369. The molecule has 2 heterocycles. The van der Waals surface area contributed by atoms with Crippen LogP contribution in [0.1, 0.15) is 34.4 Å². The molecule has 2 amide bonds. The zero-order valence-electron chi connectivity index (χ0n) is 17.0. The Hall–Kier alpha value is -3.46. The third kappa shape index (κ3) is 4.83. The number of thioether (sulfide) groups is 1. The molecule has 1 fully saturated rings. The molecule has 0 atom stereocenters. The molecule has 1 saturated heterocycles. The van der Waals surface area contributed by atoms with E-state index in [9.17, 15) is 19.5 Å². The Morgan fingerprint density at radius 3 is 2.77 bits per heavy atom. The molecule has 3 rings (SSSR count). The lowest BCUT2D eigenvalue weighted by Crippen LogP contribution is -2.27. The van der Waals surface area contributed by atoms with Crippen LogP contribution in [0.15, 0.2) is 46.2 Å². The SMILES string of the molecule is C=CCc1cc(/C=C2/SC(=O)N(Cc3ccc(C(=O)OC)o3)C2=O)cc(OCC)c1O. The first-order valence-corrected chi connectivity index (χ1v) is 10.2. The summed E-state index contributed by atoms with van der Waals surface area (Å²) in [5, 5.41) is 9.87. The van der Waals surface area contributed by atoms with Crippen molar-refractivity contribution in [1.82, 2.24) is 4.90 Å². The number of amides is 2. The lowest BCUT2D eigenvalue weighted by Gasteiger charge is -2.11. The largest absolute Gasteiger partial charge is 0.504 e. The highest BCUT2D eigenvalue weighted by atomic mass is 32.2. The van der Waals surface area contributed by atoms with Gasteiger partial charge in [-0.3, -0.25) is 14.5 Å². The highest BCUT2D eigenvalue weighted by Gasteiger charge is 2.36. The summed E-state index contributed by atoms with van der Waals surface area (Å²) in [6.45, 7) is 5.73. The number of allylic oxidation sites excluding steroid dienone is 1. The molecule has 8 nitrogen and oxygen atoms in total. The summed E-state index contributed by atoms with van der Waals surface area (Å²) in [4.78, 5) is 38.0. The lowest BCUT2D eigenvalue weighted by molar-refractivity contribution is -0.123. The van der Waals surface area contributed by atoms with Crippen molar-refractivity contribution in [1.29, 1.82) is 0 Å². The summed E-state index contributed by atoms with van der Waals surface area (Å²) in [6.07, 6.45) is 3.63. The van der Waals surface area contributed by atoms with E-state index in [1.165, 1.54) is 19.2 Å². The third-order valence-electron chi connectivity index (χ3n) is 4.37. The van der Waals surface area contributed by atoms with Crippen LogP contribution in [0.3, 0.4) is 0 Å².